The van der Waals surface area contributed by atoms with Crippen molar-refractivity contribution in [3.05, 3.63) is 41.7 Å². The Kier molecular flexibility index (Phi) is 7.84. The van der Waals surface area contributed by atoms with E-state index in [1.807, 2.05) is 55.7 Å². The smallest absolute Gasteiger partial charge is 0.328 e. The summed E-state index contributed by atoms with van der Waals surface area (Å²) < 4.78 is 6.77. The maximum atomic E-state index is 12.3. The van der Waals surface area contributed by atoms with Crippen molar-refractivity contribution in [2.45, 2.75) is 44.9 Å². The topological polar surface area (TPSA) is 86.1 Å². The van der Waals surface area contributed by atoms with Crippen LogP contribution in [-0.2, 0) is 20.9 Å². The molecule has 0 saturated carbocycles. The number of carbonyl (C=O) groups is 2. The van der Waals surface area contributed by atoms with E-state index in [-0.39, 0.29) is 17.6 Å². The van der Waals surface area contributed by atoms with Gasteiger partial charge in [-0.2, -0.15) is 0 Å². The van der Waals surface area contributed by atoms with Gasteiger partial charge in [-0.15, -0.1) is 10.2 Å². The van der Waals surface area contributed by atoms with E-state index in [0.717, 1.165) is 17.8 Å². The number of rotatable bonds is 9. The molecule has 1 aromatic heterocycles. The summed E-state index contributed by atoms with van der Waals surface area (Å²) in [6, 6.07) is 9.37. The van der Waals surface area contributed by atoms with E-state index in [9.17, 15) is 9.59 Å². The summed E-state index contributed by atoms with van der Waals surface area (Å²) in [5.74, 6) is 0.272. The maximum Gasteiger partial charge on any atom is 0.328 e. The van der Waals surface area contributed by atoms with Crippen molar-refractivity contribution >= 4 is 23.6 Å². The van der Waals surface area contributed by atoms with Gasteiger partial charge in [0, 0.05) is 0 Å². The van der Waals surface area contributed by atoms with Gasteiger partial charge in [-0.3, -0.25) is 4.79 Å². The minimum atomic E-state index is -0.642. The fraction of sp³-hybridized carbons (Fsp3) is 0.474. The molecule has 0 fully saturated rings. The molecule has 2 rings (SSSR count). The summed E-state index contributed by atoms with van der Waals surface area (Å²) in [6.45, 7) is 6.41. The van der Waals surface area contributed by atoms with Crippen molar-refractivity contribution in [3.8, 4) is 0 Å². The van der Waals surface area contributed by atoms with Crippen molar-refractivity contribution < 1.29 is 14.3 Å². The van der Waals surface area contributed by atoms with E-state index in [1.165, 1.54) is 18.9 Å². The monoisotopic (exact) mass is 390 g/mol. The molecule has 7 nitrogen and oxygen atoms in total. The van der Waals surface area contributed by atoms with Gasteiger partial charge >= 0.3 is 5.97 Å². The lowest BCUT2D eigenvalue weighted by Gasteiger charge is -2.21. The summed E-state index contributed by atoms with van der Waals surface area (Å²) in [4.78, 5) is 24.3. The number of amides is 1. The third-order valence-corrected chi connectivity index (χ3v) is 5.37. The molecule has 1 amide bonds. The third-order valence-electron chi connectivity index (χ3n) is 4.40. The highest BCUT2D eigenvalue weighted by molar-refractivity contribution is 7.99. The highest BCUT2D eigenvalue weighted by atomic mass is 32.2. The molecule has 27 heavy (non-hydrogen) atoms. The molecule has 0 spiro atoms. The molecule has 8 heteroatoms. The Morgan fingerprint density at radius 1 is 1.26 bits per heavy atom. The Hall–Kier alpha value is -2.35. The highest BCUT2D eigenvalue weighted by Gasteiger charge is 2.26. The van der Waals surface area contributed by atoms with Crippen LogP contribution in [0.15, 0.2) is 35.5 Å². The first-order valence-corrected chi connectivity index (χ1v) is 9.88. The molecule has 2 atom stereocenters. The number of esters is 1. The van der Waals surface area contributed by atoms with Gasteiger partial charge < -0.3 is 14.6 Å². The third kappa shape index (κ3) is 5.82. The van der Waals surface area contributed by atoms with Crippen LogP contribution in [-0.4, -0.2) is 45.5 Å². The molecule has 2 aromatic rings. The quantitative estimate of drug-likeness (QED) is 0.523. The van der Waals surface area contributed by atoms with E-state index >= 15 is 0 Å². The zero-order chi connectivity index (χ0) is 19.8. The number of ether oxygens (including phenoxy) is 1. The van der Waals surface area contributed by atoms with Gasteiger partial charge in [0.25, 0.3) is 0 Å². The zero-order valence-corrected chi connectivity index (χ0v) is 17.0. The number of hydrogen-bond acceptors (Lipinski definition) is 6. The predicted octanol–water partition coefficient (Wildman–Crippen LogP) is 2.43. The van der Waals surface area contributed by atoms with E-state index < -0.39 is 12.0 Å². The lowest BCUT2D eigenvalue weighted by Crippen LogP contribution is -2.46. The lowest BCUT2D eigenvalue weighted by atomic mass is 9.99. The fourth-order valence-corrected chi connectivity index (χ4v) is 3.35. The Morgan fingerprint density at radius 2 is 1.96 bits per heavy atom. The zero-order valence-electron chi connectivity index (χ0n) is 16.1. The number of aryl methyl sites for hydroxylation is 1. The van der Waals surface area contributed by atoms with Crippen LogP contribution >= 0.6 is 11.8 Å². The Bertz CT molecular complexity index is 764. The van der Waals surface area contributed by atoms with Crippen molar-refractivity contribution in [1.82, 2.24) is 20.1 Å². The van der Waals surface area contributed by atoms with E-state index in [2.05, 4.69) is 15.5 Å². The van der Waals surface area contributed by atoms with Gasteiger partial charge in [-0.05, 0) is 18.4 Å². The second-order valence-electron chi connectivity index (χ2n) is 6.34. The minimum Gasteiger partial charge on any atom is -0.467 e. The van der Waals surface area contributed by atoms with Gasteiger partial charge in [0.2, 0.25) is 5.91 Å². The second kappa shape index (κ2) is 10.1. The summed E-state index contributed by atoms with van der Waals surface area (Å²) >= 11 is 1.30. The normalized spacial score (nSPS) is 13.0. The molecular weight excluding hydrogens is 364 g/mol. The number of benzene rings is 1. The number of carbonyl (C=O) groups excluding carboxylic acids is 2. The molecule has 1 aromatic carbocycles. The van der Waals surface area contributed by atoms with Crippen LogP contribution in [0.4, 0.5) is 0 Å². The highest BCUT2D eigenvalue weighted by Crippen LogP contribution is 2.19. The van der Waals surface area contributed by atoms with Crippen LogP contribution in [0.25, 0.3) is 0 Å². The molecule has 1 heterocycles. The molecule has 1 N–H and O–H groups in total. The van der Waals surface area contributed by atoms with Crippen LogP contribution in [0.3, 0.4) is 0 Å². The number of thioether (sulfide) groups is 1. The van der Waals surface area contributed by atoms with Crippen LogP contribution < -0.4 is 5.32 Å². The van der Waals surface area contributed by atoms with Crippen molar-refractivity contribution in [1.29, 1.82) is 0 Å². The summed E-state index contributed by atoms with van der Waals surface area (Å²) in [5, 5.41) is 11.7. The van der Waals surface area contributed by atoms with Crippen LogP contribution in [0.1, 0.15) is 31.7 Å². The number of hydrogen-bond donors (Lipinski definition) is 1. The first-order chi connectivity index (χ1) is 13.0. The summed E-state index contributed by atoms with van der Waals surface area (Å²) in [5.41, 5.74) is 1.13. The molecule has 0 aliphatic heterocycles. The Balaban J connectivity index is 2.00. The van der Waals surface area contributed by atoms with Crippen molar-refractivity contribution in [3.63, 3.8) is 0 Å². The molecule has 0 bridgehead atoms. The molecule has 2 unspecified atom stereocenters. The Labute approximate surface area is 163 Å². The number of aromatic nitrogens is 3. The molecule has 0 radical (unpaired) electrons. The summed E-state index contributed by atoms with van der Waals surface area (Å²) in [7, 11) is 1.33. The van der Waals surface area contributed by atoms with E-state index in [4.69, 9.17) is 4.74 Å². The van der Waals surface area contributed by atoms with Gasteiger partial charge in [0.15, 0.2) is 5.16 Å². The number of nitrogens with one attached hydrogen (secondary N) is 1. The van der Waals surface area contributed by atoms with E-state index in [1.54, 1.807) is 0 Å². The number of methoxy groups -OCH3 is 1. The second-order valence-corrected chi connectivity index (χ2v) is 7.29. The van der Waals surface area contributed by atoms with E-state index in [0.29, 0.717) is 11.7 Å². The fourth-order valence-electron chi connectivity index (χ4n) is 2.56. The predicted molar refractivity (Wildman–Crippen MR) is 104 cm³/mol. The molecular formula is C19H26N4O3S. The van der Waals surface area contributed by atoms with Gasteiger partial charge in [0.1, 0.15) is 11.9 Å². The first kappa shape index (κ1) is 21.0. The van der Waals surface area contributed by atoms with Crippen LogP contribution in [0, 0.1) is 12.8 Å². The average molecular weight is 391 g/mol. The minimum absolute atomic E-state index is 0.00428. The standard InChI is InChI=1S/C19H26N4O3S/c1-5-13(2)17(18(25)26-4)20-16(24)12-27-19-22-21-14(3)23(19)11-15-9-7-6-8-10-15/h6-10,13,17H,5,11-12H2,1-4H3,(H,20,24). The molecule has 0 saturated heterocycles. The average Bonchev–Trinajstić information content (AvgIpc) is 3.03. The van der Waals surface area contributed by atoms with Crippen molar-refractivity contribution in [2.24, 2.45) is 5.92 Å². The van der Waals surface area contributed by atoms with Crippen LogP contribution in [0.5, 0.6) is 0 Å². The van der Waals surface area contributed by atoms with Gasteiger partial charge in [-0.1, -0.05) is 62.4 Å². The molecule has 0 aliphatic carbocycles. The molecule has 146 valence electrons. The maximum absolute atomic E-state index is 12.3. The summed E-state index contributed by atoms with van der Waals surface area (Å²) in [6.07, 6.45) is 0.762. The lowest BCUT2D eigenvalue weighted by molar-refractivity contribution is -0.146. The molecule has 0 aliphatic rings. The SMILES string of the molecule is CCC(C)C(NC(=O)CSc1nnc(C)n1Cc1ccccc1)C(=O)OC. The van der Waals surface area contributed by atoms with Gasteiger partial charge in [0.05, 0.1) is 19.4 Å². The Morgan fingerprint density at radius 3 is 2.59 bits per heavy atom. The number of nitrogens with zero attached hydrogens (tertiary/aromatic N) is 3. The van der Waals surface area contributed by atoms with Gasteiger partial charge in [-0.25, -0.2) is 4.79 Å². The van der Waals surface area contributed by atoms with Crippen LogP contribution in [0.2, 0.25) is 0 Å². The largest absolute Gasteiger partial charge is 0.467 e. The van der Waals surface area contributed by atoms with Crippen molar-refractivity contribution in [2.75, 3.05) is 12.9 Å². The first-order valence-electron chi connectivity index (χ1n) is 8.90.